The summed E-state index contributed by atoms with van der Waals surface area (Å²) in [5.74, 6) is -0.223. The zero-order chi connectivity index (χ0) is 17.8. The van der Waals surface area contributed by atoms with Crippen LogP contribution in [0.1, 0.15) is 33.6 Å². The van der Waals surface area contributed by atoms with Gasteiger partial charge in [0.15, 0.2) is 0 Å². The minimum absolute atomic E-state index is 0.0357. The normalized spacial score (nSPS) is 15.0. The lowest BCUT2D eigenvalue weighted by Gasteiger charge is -2.32. The molecule has 2 amide bonds. The Balaban J connectivity index is 1.54. The van der Waals surface area contributed by atoms with E-state index in [1.165, 1.54) is 35.6 Å². The lowest BCUT2D eigenvalue weighted by atomic mass is 10.0. The van der Waals surface area contributed by atoms with E-state index in [1.807, 2.05) is 10.8 Å². The molecule has 2 heterocycles. The molecule has 0 unspecified atom stereocenters. The summed E-state index contributed by atoms with van der Waals surface area (Å²) in [7, 11) is 0. The van der Waals surface area contributed by atoms with Crippen LogP contribution < -0.4 is 5.32 Å². The summed E-state index contributed by atoms with van der Waals surface area (Å²) in [6.07, 6.45) is 1.38. The molecule has 0 atom stereocenters. The maximum Gasteiger partial charge on any atom is 0.269 e. The Kier molecular flexibility index (Phi) is 5.08. The largest absolute Gasteiger partial charge is 0.349 e. The molecule has 7 nitrogen and oxygen atoms in total. The fraction of sp³-hybridized carbons (Fsp3) is 0.294. The lowest BCUT2D eigenvalue weighted by molar-refractivity contribution is -0.384. The molecule has 0 spiro atoms. The molecular formula is C17H17N3O4S. The highest BCUT2D eigenvalue weighted by atomic mass is 32.1. The standard InChI is InChI=1S/C17H17N3O4S/c21-16(13-7-10-25-11-13)18-14-5-8-19(9-6-14)17(22)12-1-3-15(4-2-12)20(23)24/h1-4,7,10-11,14H,5-6,8-9H2,(H,18,21). The minimum Gasteiger partial charge on any atom is -0.349 e. The Bertz CT molecular complexity index is 766. The number of nitrogens with zero attached hydrogens (tertiary/aromatic N) is 2. The van der Waals surface area contributed by atoms with E-state index < -0.39 is 4.92 Å². The van der Waals surface area contributed by atoms with Gasteiger partial charge in [-0.1, -0.05) is 0 Å². The third kappa shape index (κ3) is 4.03. The molecule has 0 aliphatic carbocycles. The molecule has 1 N–H and O–H groups in total. The first kappa shape index (κ1) is 17.1. The molecule has 1 saturated heterocycles. The monoisotopic (exact) mass is 359 g/mol. The van der Waals surface area contributed by atoms with Gasteiger partial charge >= 0.3 is 0 Å². The van der Waals surface area contributed by atoms with Crippen molar-refractivity contribution in [1.29, 1.82) is 0 Å². The summed E-state index contributed by atoms with van der Waals surface area (Å²) in [5, 5.41) is 17.3. The van der Waals surface area contributed by atoms with Gasteiger partial charge in [-0.05, 0) is 36.4 Å². The van der Waals surface area contributed by atoms with Crippen molar-refractivity contribution in [3.63, 3.8) is 0 Å². The Labute approximate surface area is 148 Å². The molecule has 130 valence electrons. The smallest absolute Gasteiger partial charge is 0.269 e. The quantitative estimate of drug-likeness (QED) is 0.671. The first-order valence-electron chi connectivity index (χ1n) is 7.91. The van der Waals surface area contributed by atoms with Crippen LogP contribution in [0, 0.1) is 10.1 Å². The number of nitrogens with one attached hydrogen (secondary N) is 1. The van der Waals surface area contributed by atoms with E-state index in [1.54, 1.807) is 11.0 Å². The van der Waals surface area contributed by atoms with Crippen molar-refractivity contribution in [3.8, 4) is 0 Å². The average Bonchev–Trinajstić information content (AvgIpc) is 3.17. The van der Waals surface area contributed by atoms with Gasteiger partial charge in [-0.3, -0.25) is 19.7 Å². The van der Waals surface area contributed by atoms with Crippen LogP contribution in [-0.2, 0) is 0 Å². The number of nitro groups is 1. The number of piperidine rings is 1. The molecule has 2 aromatic rings. The number of non-ortho nitro benzene ring substituents is 1. The molecule has 3 rings (SSSR count). The fourth-order valence-corrected chi connectivity index (χ4v) is 3.43. The van der Waals surface area contributed by atoms with Crippen LogP contribution in [0.5, 0.6) is 0 Å². The van der Waals surface area contributed by atoms with Gasteiger partial charge in [0.2, 0.25) is 0 Å². The summed E-state index contributed by atoms with van der Waals surface area (Å²) >= 11 is 1.48. The van der Waals surface area contributed by atoms with Crippen molar-refractivity contribution in [3.05, 3.63) is 62.3 Å². The maximum atomic E-state index is 12.5. The Hall–Kier alpha value is -2.74. The predicted molar refractivity (Wildman–Crippen MR) is 93.8 cm³/mol. The Morgan fingerprint density at radius 3 is 2.36 bits per heavy atom. The number of hydrogen-bond donors (Lipinski definition) is 1. The third-order valence-corrected chi connectivity index (χ3v) is 4.91. The zero-order valence-electron chi connectivity index (χ0n) is 13.4. The zero-order valence-corrected chi connectivity index (χ0v) is 14.2. The van der Waals surface area contributed by atoms with E-state index in [4.69, 9.17) is 0 Å². The number of amides is 2. The second-order valence-corrected chi connectivity index (χ2v) is 6.64. The fourth-order valence-electron chi connectivity index (χ4n) is 2.80. The highest BCUT2D eigenvalue weighted by molar-refractivity contribution is 7.08. The number of benzene rings is 1. The summed E-state index contributed by atoms with van der Waals surface area (Å²) in [6.45, 7) is 1.09. The highest BCUT2D eigenvalue weighted by Gasteiger charge is 2.25. The number of carbonyl (C=O) groups is 2. The van der Waals surface area contributed by atoms with Crippen molar-refractivity contribution in [2.75, 3.05) is 13.1 Å². The van der Waals surface area contributed by atoms with Gasteiger partial charge in [0.1, 0.15) is 0 Å². The van der Waals surface area contributed by atoms with Gasteiger partial charge in [-0.15, -0.1) is 0 Å². The van der Waals surface area contributed by atoms with Crippen LogP contribution in [0.15, 0.2) is 41.1 Å². The highest BCUT2D eigenvalue weighted by Crippen LogP contribution is 2.17. The van der Waals surface area contributed by atoms with Crippen molar-refractivity contribution in [2.24, 2.45) is 0 Å². The van der Waals surface area contributed by atoms with E-state index >= 15 is 0 Å². The topological polar surface area (TPSA) is 92.6 Å². The minimum atomic E-state index is -0.490. The Morgan fingerprint density at radius 1 is 1.12 bits per heavy atom. The second-order valence-electron chi connectivity index (χ2n) is 5.86. The van der Waals surface area contributed by atoms with Crippen molar-refractivity contribution < 1.29 is 14.5 Å². The van der Waals surface area contributed by atoms with Gasteiger partial charge in [-0.25, -0.2) is 0 Å². The molecule has 1 aliphatic rings. The first-order chi connectivity index (χ1) is 12.0. The van der Waals surface area contributed by atoms with E-state index in [0.29, 0.717) is 37.1 Å². The molecule has 1 aromatic heterocycles. The first-order valence-corrected chi connectivity index (χ1v) is 8.85. The average molecular weight is 359 g/mol. The van der Waals surface area contributed by atoms with Crippen LogP contribution in [-0.4, -0.2) is 40.8 Å². The summed E-state index contributed by atoms with van der Waals surface area (Å²) in [6, 6.07) is 7.46. The number of likely N-dealkylation sites (tertiary alicyclic amines) is 1. The van der Waals surface area contributed by atoms with Gasteiger partial charge < -0.3 is 10.2 Å². The number of nitro benzene ring substituents is 1. The molecule has 0 bridgehead atoms. The van der Waals surface area contributed by atoms with E-state index in [2.05, 4.69) is 5.32 Å². The van der Waals surface area contributed by atoms with Crippen molar-refractivity contribution in [2.45, 2.75) is 18.9 Å². The van der Waals surface area contributed by atoms with Gasteiger partial charge in [0.25, 0.3) is 17.5 Å². The van der Waals surface area contributed by atoms with Crippen LogP contribution in [0.3, 0.4) is 0 Å². The van der Waals surface area contributed by atoms with Crippen LogP contribution in [0.2, 0.25) is 0 Å². The van der Waals surface area contributed by atoms with Crippen molar-refractivity contribution >= 4 is 28.8 Å². The molecule has 1 aromatic carbocycles. The van der Waals surface area contributed by atoms with Crippen LogP contribution >= 0.6 is 11.3 Å². The molecule has 25 heavy (non-hydrogen) atoms. The van der Waals surface area contributed by atoms with Gasteiger partial charge in [0, 0.05) is 47.8 Å². The van der Waals surface area contributed by atoms with Crippen molar-refractivity contribution in [1.82, 2.24) is 10.2 Å². The predicted octanol–water partition coefficient (Wildman–Crippen LogP) is 2.69. The van der Waals surface area contributed by atoms with Gasteiger partial charge in [-0.2, -0.15) is 11.3 Å². The number of thiophene rings is 1. The number of carbonyl (C=O) groups excluding carboxylic acids is 2. The molecule has 8 heteroatoms. The summed E-state index contributed by atoms with van der Waals surface area (Å²) in [5.41, 5.74) is 1.06. The second kappa shape index (κ2) is 7.43. The van der Waals surface area contributed by atoms with E-state index in [-0.39, 0.29) is 23.5 Å². The SMILES string of the molecule is O=C(NC1CCN(C(=O)c2ccc([N+](=O)[O-])cc2)CC1)c1ccsc1. The number of rotatable bonds is 4. The molecule has 0 radical (unpaired) electrons. The molecular weight excluding hydrogens is 342 g/mol. The molecule has 1 aliphatic heterocycles. The van der Waals surface area contributed by atoms with E-state index in [0.717, 1.165) is 0 Å². The number of hydrogen-bond acceptors (Lipinski definition) is 5. The maximum absolute atomic E-state index is 12.5. The molecule has 0 saturated carbocycles. The Morgan fingerprint density at radius 2 is 1.80 bits per heavy atom. The summed E-state index contributed by atoms with van der Waals surface area (Å²) < 4.78 is 0. The van der Waals surface area contributed by atoms with Crippen LogP contribution in [0.25, 0.3) is 0 Å². The summed E-state index contributed by atoms with van der Waals surface area (Å²) in [4.78, 5) is 36.4. The van der Waals surface area contributed by atoms with Crippen LogP contribution in [0.4, 0.5) is 5.69 Å². The molecule has 1 fully saturated rings. The lowest BCUT2D eigenvalue weighted by Crippen LogP contribution is -2.46. The van der Waals surface area contributed by atoms with Gasteiger partial charge in [0.05, 0.1) is 4.92 Å². The third-order valence-electron chi connectivity index (χ3n) is 4.23. The van der Waals surface area contributed by atoms with E-state index in [9.17, 15) is 19.7 Å².